The van der Waals surface area contributed by atoms with Gasteiger partial charge in [0.25, 0.3) is 0 Å². The van der Waals surface area contributed by atoms with Crippen molar-refractivity contribution in [1.29, 1.82) is 0 Å². The van der Waals surface area contributed by atoms with E-state index in [-0.39, 0.29) is 17.3 Å². The topological polar surface area (TPSA) is 51.2 Å². The molecule has 178 valence electrons. The molecule has 0 aliphatic carbocycles. The third-order valence-electron chi connectivity index (χ3n) is 6.89. The van der Waals surface area contributed by atoms with E-state index in [1.54, 1.807) is 4.90 Å². The summed E-state index contributed by atoms with van der Waals surface area (Å²) in [5.74, 6) is 0. The molecule has 2 saturated heterocycles. The molecule has 2 aliphatic heterocycles. The lowest BCUT2D eigenvalue weighted by atomic mass is 9.72. The Kier molecular flexibility index (Phi) is 7.03. The molecule has 0 N–H and O–H groups in total. The van der Waals surface area contributed by atoms with Crippen LogP contribution < -0.4 is 5.46 Å². The molecule has 2 aliphatic rings. The number of rotatable bonds is 3. The largest absolute Gasteiger partial charge is 0.495 e. The number of amides is 1. The van der Waals surface area contributed by atoms with Crippen LogP contribution in [0.4, 0.5) is 4.79 Å². The molecule has 32 heavy (non-hydrogen) atoms. The van der Waals surface area contributed by atoms with Gasteiger partial charge in [-0.15, -0.1) is 12.6 Å². The molecule has 3 rings (SSSR count). The Morgan fingerprint density at radius 3 is 2.09 bits per heavy atom. The van der Waals surface area contributed by atoms with Crippen molar-refractivity contribution in [2.45, 2.75) is 90.6 Å². The molecule has 1 aromatic rings. The van der Waals surface area contributed by atoms with Crippen LogP contribution in [-0.4, -0.2) is 66.0 Å². The second kappa shape index (κ2) is 8.86. The van der Waals surface area contributed by atoms with Gasteiger partial charge in [0.1, 0.15) is 5.60 Å². The number of hydrogen-bond acceptors (Lipinski definition) is 6. The monoisotopic (exact) mass is 462 g/mol. The molecular formula is C24H39BN2O4S. The van der Waals surface area contributed by atoms with Gasteiger partial charge in [0.15, 0.2) is 0 Å². The fraction of sp³-hybridized carbons (Fsp3) is 0.708. The predicted octanol–water partition coefficient (Wildman–Crippen LogP) is 3.94. The van der Waals surface area contributed by atoms with Crippen molar-refractivity contribution in [3.05, 3.63) is 22.8 Å². The number of carbonyl (C=O) groups excluding carboxylic acids is 1. The van der Waals surface area contributed by atoms with Crippen LogP contribution in [-0.2, 0) is 20.6 Å². The zero-order valence-corrected chi connectivity index (χ0v) is 22.1. The SMILES string of the molecule is Cc1c(S)cc(CN2CCN(C(=O)OC(C)(C)C)CC2)c(C)c1B1OC(C)(C)C(C)(C)O1. The van der Waals surface area contributed by atoms with Gasteiger partial charge in [0, 0.05) is 37.6 Å². The Morgan fingerprint density at radius 2 is 1.59 bits per heavy atom. The van der Waals surface area contributed by atoms with Gasteiger partial charge in [-0.05, 0) is 90.5 Å². The van der Waals surface area contributed by atoms with E-state index in [0.29, 0.717) is 13.1 Å². The Labute approximate surface area is 199 Å². The lowest BCUT2D eigenvalue weighted by Gasteiger charge is -2.36. The highest BCUT2D eigenvalue weighted by Gasteiger charge is 2.52. The third kappa shape index (κ3) is 5.29. The summed E-state index contributed by atoms with van der Waals surface area (Å²) in [5, 5.41) is 0. The molecule has 2 fully saturated rings. The normalized spacial score (nSPS) is 21.2. The number of nitrogens with zero attached hydrogens (tertiary/aromatic N) is 2. The molecule has 0 atom stereocenters. The van der Waals surface area contributed by atoms with E-state index in [4.69, 9.17) is 26.7 Å². The van der Waals surface area contributed by atoms with Gasteiger partial charge in [0.2, 0.25) is 0 Å². The lowest BCUT2D eigenvalue weighted by Crippen LogP contribution is -2.49. The fourth-order valence-corrected chi connectivity index (χ4v) is 4.38. The average Bonchev–Trinajstić information content (AvgIpc) is 2.86. The van der Waals surface area contributed by atoms with E-state index >= 15 is 0 Å². The summed E-state index contributed by atoms with van der Waals surface area (Å²) in [6.07, 6.45) is -0.232. The van der Waals surface area contributed by atoms with Gasteiger partial charge in [-0.2, -0.15) is 0 Å². The number of carbonyl (C=O) groups is 1. The van der Waals surface area contributed by atoms with Crippen LogP contribution in [0.5, 0.6) is 0 Å². The van der Waals surface area contributed by atoms with E-state index < -0.39 is 12.7 Å². The maximum atomic E-state index is 12.4. The van der Waals surface area contributed by atoms with Crippen LogP contribution >= 0.6 is 12.6 Å². The van der Waals surface area contributed by atoms with Gasteiger partial charge in [-0.1, -0.05) is 0 Å². The summed E-state index contributed by atoms with van der Waals surface area (Å²) < 4.78 is 18.2. The number of ether oxygens (including phenoxy) is 1. The van der Waals surface area contributed by atoms with Crippen LogP contribution in [0, 0.1) is 13.8 Å². The highest BCUT2D eigenvalue weighted by atomic mass is 32.1. The molecule has 0 spiro atoms. The minimum Gasteiger partial charge on any atom is -0.444 e. The van der Waals surface area contributed by atoms with E-state index in [1.165, 1.54) is 11.1 Å². The highest BCUT2D eigenvalue weighted by Crippen LogP contribution is 2.37. The molecule has 0 radical (unpaired) electrons. The average molecular weight is 462 g/mol. The summed E-state index contributed by atoms with van der Waals surface area (Å²) in [7, 11) is -0.408. The Morgan fingerprint density at radius 1 is 1.06 bits per heavy atom. The molecule has 0 unspecified atom stereocenters. The Bertz CT molecular complexity index is 858. The second-order valence-electron chi connectivity index (χ2n) is 11.1. The zero-order valence-electron chi connectivity index (χ0n) is 21.2. The minimum atomic E-state index is -0.472. The van der Waals surface area contributed by atoms with Gasteiger partial charge in [0.05, 0.1) is 11.2 Å². The van der Waals surface area contributed by atoms with Crippen molar-refractivity contribution in [2.75, 3.05) is 26.2 Å². The van der Waals surface area contributed by atoms with E-state index in [9.17, 15) is 4.79 Å². The summed E-state index contributed by atoms with van der Waals surface area (Å²) in [6, 6.07) is 2.16. The molecule has 8 heteroatoms. The zero-order chi connectivity index (χ0) is 24.1. The number of benzene rings is 1. The summed E-state index contributed by atoms with van der Waals surface area (Å²) in [6.45, 7) is 22.0. The van der Waals surface area contributed by atoms with E-state index in [1.807, 2.05) is 20.8 Å². The van der Waals surface area contributed by atoms with Crippen molar-refractivity contribution in [2.24, 2.45) is 0 Å². The molecule has 0 bridgehead atoms. The molecule has 1 aromatic carbocycles. The number of piperazine rings is 1. The van der Waals surface area contributed by atoms with Crippen LogP contribution in [0.3, 0.4) is 0 Å². The van der Waals surface area contributed by atoms with E-state index in [0.717, 1.165) is 35.6 Å². The van der Waals surface area contributed by atoms with Crippen molar-refractivity contribution in [1.82, 2.24) is 9.80 Å². The first kappa shape index (κ1) is 25.4. The number of hydrogen-bond donors (Lipinski definition) is 1. The van der Waals surface area contributed by atoms with Crippen molar-refractivity contribution >= 4 is 31.3 Å². The van der Waals surface area contributed by atoms with Gasteiger partial charge >= 0.3 is 13.2 Å². The van der Waals surface area contributed by atoms with Crippen molar-refractivity contribution in [3.63, 3.8) is 0 Å². The number of thiol groups is 1. The predicted molar refractivity (Wildman–Crippen MR) is 132 cm³/mol. The van der Waals surface area contributed by atoms with Gasteiger partial charge in [-0.3, -0.25) is 4.90 Å². The summed E-state index contributed by atoms with van der Waals surface area (Å²) >= 11 is 4.76. The standard InChI is InChI=1S/C24H39BN2O4S/c1-16-18(15-26-10-12-27(13-11-26)21(28)29-22(3,4)5)14-19(32)17(2)20(16)25-30-23(6,7)24(8,9)31-25/h14,32H,10-13,15H2,1-9H3. The molecule has 2 heterocycles. The van der Waals surface area contributed by atoms with Gasteiger partial charge in [-0.25, -0.2) is 4.79 Å². The van der Waals surface area contributed by atoms with Crippen LogP contribution in [0.15, 0.2) is 11.0 Å². The maximum absolute atomic E-state index is 12.4. The van der Waals surface area contributed by atoms with E-state index in [2.05, 4.69) is 52.5 Å². The smallest absolute Gasteiger partial charge is 0.444 e. The highest BCUT2D eigenvalue weighted by molar-refractivity contribution is 7.80. The Balaban J connectivity index is 1.73. The molecule has 6 nitrogen and oxygen atoms in total. The minimum absolute atomic E-state index is 0.232. The molecular weight excluding hydrogens is 423 g/mol. The van der Waals surface area contributed by atoms with Gasteiger partial charge < -0.3 is 18.9 Å². The summed E-state index contributed by atoms with van der Waals surface area (Å²) in [5.41, 5.74) is 3.34. The summed E-state index contributed by atoms with van der Waals surface area (Å²) in [4.78, 5) is 17.5. The molecule has 0 saturated carbocycles. The molecule has 0 aromatic heterocycles. The maximum Gasteiger partial charge on any atom is 0.495 e. The first-order chi connectivity index (χ1) is 14.6. The van der Waals surface area contributed by atoms with Crippen LogP contribution in [0.2, 0.25) is 0 Å². The Hall–Kier alpha value is -1.22. The quantitative estimate of drug-likeness (QED) is 0.545. The second-order valence-corrected chi connectivity index (χ2v) is 11.5. The lowest BCUT2D eigenvalue weighted by molar-refractivity contribution is 0.00578. The first-order valence-electron chi connectivity index (χ1n) is 11.5. The van der Waals surface area contributed by atoms with Crippen molar-refractivity contribution < 1.29 is 18.8 Å². The molecule has 1 amide bonds. The fourth-order valence-electron chi connectivity index (χ4n) is 4.11. The van der Waals surface area contributed by atoms with Crippen LogP contribution in [0.25, 0.3) is 0 Å². The van der Waals surface area contributed by atoms with Crippen molar-refractivity contribution in [3.8, 4) is 0 Å². The first-order valence-corrected chi connectivity index (χ1v) is 11.9. The third-order valence-corrected chi connectivity index (χ3v) is 7.36. The van der Waals surface area contributed by atoms with Crippen LogP contribution in [0.1, 0.15) is 65.2 Å².